The zero-order valence-electron chi connectivity index (χ0n) is 82.5. The highest BCUT2D eigenvalue weighted by Crippen LogP contribution is 2.46. The summed E-state index contributed by atoms with van der Waals surface area (Å²) < 4.78 is 0. The highest BCUT2D eigenvalue weighted by molar-refractivity contribution is 7.18. The molecule has 8 aromatic rings. The lowest BCUT2D eigenvalue weighted by Crippen LogP contribution is -2.42. The smallest absolute Gasteiger partial charge is 0.280 e. The van der Waals surface area contributed by atoms with Crippen LogP contribution in [0.25, 0.3) is 41.8 Å². The Morgan fingerprint density at radius 3 is 0.904 bits per heavy atom. The lowest BCUT2D eigenvalue weighted by molar-refractivity contribution is 0.0628. The molecule has 0 aromatic carbocycles. The van der Waals surface area contributed by atoms with Gasteiger partial charge in [0.15, 0.2) is 20.0 Å². The topological polar surface area (TPSA) is 430 Å². The van der Waals surface area contributed by atoms with Crippen molar-refractivity contribution in [2.75, 3.05) is 60.5 Å². The number of rotatable bonds is 27. The molecule has 2 atom stereocenters. The van der Waals surface area contributed by atoms with Gasteiger partial charge in [-0.1, -0.05) is 25.7 Å². The van der Waals surface area contributed by atoms with Gasteiger partial charge in [-0.05, 0) is 287 Å². The number of carbonyl (C=O) groups excluding carboxylic acids is 8. The zero-order valence-corrected chi connectivity index (χ0v) is 85.7. The van der Waals surface area contributed by atoms with E-state index in [0.29, 0.717) is 56.1 Å². The summed E-state index contributed by atoms with van der Waals surface area (Å²) in [7, 11) is 0. The number of aliphatic hydroxyl groups is 4. The van der Waals surface area contributed by atoms with Crippen LogP contribution in [0.2, 0.25) is 0 Å². The van der Waals surface area contributed by atoms with Gasteiger partial charge >= 0.3 is 0 Å². The van der Waals surface area contributed by atoms with Crippen molar-refractivity contribution in [3.05, 3.63) is 114 Å². The van der Waals surface area contributed by atoms with Crippen molar-refractivity contribution < 1.29 is 58.8 Å². The highest BCUT2D eigenvalue weighted by atomic mass is 32.1. The minimum Gasteiger partial charge on any atom is -0.389 e. The van der Waals surface area contributed by atoms with E-state index in [1.807, 2.05) is 92.3 Å². The van der Waals surface area contributed by atoms with E-state index in [4.69, 9.17) is 0 Å². The summed E-state index contributed by atoms with van der Waals surface area (Å²) in [5.74, 6) is 1.13. The molecule has 8 aromatic heterocycles. The van der Waals surface area contributed by atoms with Gasteiger partial charge in [0, 0.05) is 146 Å². The monoisotopic (exact) mass is 1940 g/mol. The second-order valence-electron chi connectivity index (χ2n) is 41.9. The van der Waals surface area contributed by atoms with Crippen LogP contribution in [0.5, 0.6) is 0 Å². The number of nitrogens with one attached hydrogen (secondary N) is 8. The number of thiazole rings is 4. The Labute approximate surface area is 815 Å². The summed E-state index contributed by atoms with van der Waals surface area (Å²) in [6, 6.07) is 10.5. The molecule has 12 N–H and O–H groups in total. The Morgan fingerprint density at radius 1 is 0.368 bits per heavy atom. The lowest BCUT2D eigenvalue weighted by atomic mass is 10.0. The largest absolute Gasteiger partial charge is 0.389 e. The Morgan fingerprint density at radius 2 is 0.632 bits per heavy atom. The van der Waals surface area contributed by atoms with Gasteiger partial charge in [0.25, 0.3) is 47.3 Å². The first-order chi connectivity index (χ1) is 64.1. The second-order valence-corrected chi connectivity index (χ2v) is 45.9. The lowest BCUT2D eigenvalue weighted by Gasteiger charge is -2.33. The van der Waals surface area contributed by atoms with Crippen molar-refractivity contribution in [2.45, 2.75) is 349 Å². The molecule has 736 valence electrons. The normalized spacial score (nSPS) is 19.5. The van der Waals surface area contributed by atoms with Crippen molar-refractivity contribution in [1.29, 1.82) is 0 Å². The first-order valence-electron chi connectivity index (χ1n) is 48.4. The van der Waals surface area contributed by atoms with Crippen molar-refractivity contribution in [3.63, 3.8) is 0 Å². The molecule has 0 radical (unpaired) electrons. The number of nitrogens with zero attached hydrogens (tertiary/aromatic N) is 12. The molecule has 16 rings (SSSR count). The van der Waals surface area contributed by atoms with Gasteiger partial charge in [-0.2, -0.15) is 0 Å². The number of aromatic nitrogens is 8. The van der Waals surface area contributed by atoms with E-state index in [9.17, 15) is 58.8 Å². The molecule has 4 bridgehead atoms. The van der Waals surface area contributed by atoms with Gasteiger partial charge < -0.3 is 82.6 Å². The molecule has 0 unspecified atom stereocenters. The molecule has 2 aliphatic carbocycles. The Kier molecular flexibility index (Phi) is 33.1. The van der Waals surface area contributed by atoms with Crippen LogP contribution in [0.15, 0.2) is 49.1 Å². The minimum atomic E-state index is -1.05. The number of anilines is 4. The fraction of sp³-hybridized carbons (Fsp3) is 0.600. The van der Waals surface area contributed by atoms with Crippen LogP contribution >= 0.6 is 45.3 Å². The van der Waals surface area contributed by atoms with Crippen molar-refractivity contribution in [2.24, 2.45) is 0 Å². The van der Waals surface area contributed by atoms with E-state index in [2.05, 4.69) is 110 Å². The first-order valence-corrected chi connectivity index (χ1v) is 51.7. The van der Waals surface area contributed by atoms with Crippen molar-refractivity contribution in [3.8, 4) is 41.8 Å². The van der Waals surface area contributed by atoms with E-state index in [1.54, 1.807) is 80.2 Å². The number of fused-ring (bicyclic) bond motifs is 4. The fourth-order valence-electron chi connectivity index (χ4n) is 18.8. The van der Waals surface area contributed by atoms with Crippen LogP contribution in [-0.4, -0.2) is 249 Å². The summed E-state index contributed by atoms with van der Waals surface area (Å²) in [5, 5.41) is 65.4. The number of pyridine rings is 4. The molecule has 8 amide bonds. The minimum absolute atomic E-state index is 0.0843. The average Bonchev–Trinajstić information content (AvgIpc) is 1.61. The van der Waals surface area contributed by atoms with Crippen LogP contribution in [0.1, 0.15) is 342 Å². The number of hydrogen-bond acceptors (Lipinski definition) is 28. The third-order valence-corrected chi connectivity index (χ3v) is 30.2. The quantitative estimate of drug-likeness (QED) is 0.0227. The van der Waals surface area contributed by atoms with Crippen LogP contribution in [0, 0.1) is 27.7 Å². The Hall–Kier alpha value is -10.1. The van der Waals surface area contributed by atoms with Crippen LogP contribution in [0.4, 0.5) is 23.3 Å². The molecule has 6 saturated heterocycles. The number of aryl methyl sites for hydroxylation is 4. The number of hydrogen-bond donors (Lipinski definition) is 12. The molecule has 2 saturated carbocycles. The molecule has 8 aliphatic rings. The van der Waals surface area contributed by atoms with Crippen LogP contribution in [-0.2, 0) is 0 Å². The number of likely N-dealkylation sites (tertiary alicyclic amines) is 2. The summed E-state index contributed by atoms with van der Waals surface area (Å²) in [6.07, 6.45) is 30.0. The number of amides is 8. The number of piperidine rings is 1. The van der Waals surface area contributed by atoms with Crippen molar-refractivity contribution in [1.82, 2.24) is 80.7 Å². The van der Waals surface area contributed by atoms with Gasteiger partial charge in [-0.25, -0.2) is 39.9 Å². The number of carbonyl (C=O) groups is 8. The summed E-state index contributed by atoms with van der Waals surface area (Å²) in [4.78, 5) is 153. The standard InChI is InChI=1S/2C26H35N5O3S.2C24H35N5O3S/c2*1-15-12-20(29-16-6-4-5-7-16)27-13-19(15)22-21(25(33)31-17-8-9-18(31)11-10-17)30-24(35-22)23(32)28-14-26(2,3)34;1-14-11-17(28-23(3,4)5)25-12-16(14)19-18(22(31)29-10-8-9-15(29)2)27-21(33-19)20(30)26-13-24(6,7)32;1-14(2)27-18-11-15(3)17(12-25-18)20-19(23(31)29-10-8-7-9-16(29)4)28-22(33-20)21(30)26-13-24(5,6)32/h2*12-13,16-18,34H,4-11,14H2,1-3H3,(H,27,29)(H,28,32);11-12,15,32H,8-10,13H2,1-7H3,(H,25,28)(H,26,30);11-12,14,16,32H,7-10,13H2,1-6H3,(H,25,27)(H,26,30)/t;;15-;16-/m..00/s1. The molecular weight excluding hydrogens is 1800 g/mol. The zero-order chi connectivity index (χ0) is 98.4. The second kappa shape index (κ2) is 43.5. The maximum atomic E-state index is 13.7. The Balaban J connectivity index is 0.000000153. The molecule has 32 nitrogen and oxygen atoms in total. The maximum absolute atomic E-state index is 13.7. The summed E-state index contributed by atoms with van der Waals surface area (Å²) in [6.45, 7) is 37.1. The van der Waals surface area contributed by atoms with Gasteiger partial charge in [0.1, 0.15) is 46.0 Å². The van der Waals surface area contributed by atoms with Gasteiger partial charge in [-0.3, -0.25) is 38.4 Å². The average molecular weight is 1940 g/mol. The third-order valence-electron chi connectivity index (χ3n) is 25.9. The van der Waals surface area contributed by atoms with Gasteiger partial charge in [0.2, 0.25) is 0 Å². The molecule has 0 spiro atoms. The molecule has 136 heavy (non-hydrogen) atoms. The van der Waals surface area contributed by atoms with E-state index in [1.165, 1.54) is 71.0 Å². The maximum Gasteiger partial charge on any atom is 0.280 e. The molecule has 14 heterocycles. The highest BCUT2D eigenvalue weighted by Gasteiger charge is 2.47. The van der Waals surface area contributed by atoms with E-state index < -0.39 is 34.2 Å². The van der Waals surface area contributed by atoms with E-state index in [0.717, 1.165) is 177 Å². The van der Waals surface area contributed by atoms with Crippen LogP contribution < -0.4 is 42.5 Å². The summed E-state index contributed by atoms with van der Waals surface area (Å²) in [5.41, 5.74) is 4.04. The van der Waals surface area contributed by atoms with Gasteiger partial charge in [-0.15, -0.1) is 45.3 Å². The molecule has 6 aliphatic heterocycles. The van der Waals surface area contributed by atoms with Gasteiger partial charge in [0.05, 0.1) is 41.9 Å². The Bertz CT molecular complexity index is 5430. The van der Waals surface area contributed by atoms with Crippen LogP contribution in [0.3, 0.4) is 0 Å². The van der Waals surface area contributed by atoms with E-state index in [-0.39, 0.29) is 141 Å². The molecule has 36 heteroatoms. The van der Waals surface area contributed by atoms with E-state index >= 15 is 0 Å². The predicted molar refractivity (Wildman–Crippen MR) is 537 cm³/mol. The summed E-state index contributed by atoms with van der Waals surface area (Å²) >= 11 is 4.81. The third kappa shape index (κ3) is 26.5. The fourth-order valence-corrected chi connectivity index (χ4v) is 23.0. The first kappa shape index (κ1) is 103. The van der Waals surface area contributed by atoms with Crippen molar-refractivity contribution >= 4 is 116 Å². The molecular formula is C100H140N20O12S4. The molecule has 8 fully saturated rings. The predicted octanol–water partition coefficient (Wildman–Crippen LogP) is 16.0. The SMILES string of the molecule is Cc1cc(NC(C)(C)C)ncc1-c1sc(C(=O)NCC(C)(C)O)nc1C(=O)N1CCC[C@@H]1C.Cc1cc(NC(C)C)ncc1-c1sc(C(=O)NCC(C)(C)O)nc1C(=O)N1CCCC[C@@H]1C.Cc1cc(NC2CCCC2)ncc1-c1sc(C(=O)NCC(C)(C)O)nc1C(=O)N1C2CCC1CC2.Cc1cc(NC2CCCC2)ncc1-c1sc(C(=O)NCC(C)(C)O)nc1C(=O)N1C2CCC1CC2.